The molecule has 0 heterocycles. The molecule has 0 aliphatic carbocycles. The molecule has 0 amide bonds. The zero-order chi connectivity index (χ0) is 15.6. The molecule has 0 bridgehead atoms. The standard InChI is InChI=1S/C14H28O5Si/c1-6-18-20(5,19-7-2)13(11-15)9-8-10-17-14(16)12(3)4/h13,15H,3,6-11H2,1-2,4-5H3. The number of carbonyl (C=O) groups is 1. The SMILES string of the molecule is C=C(C)C(=O)OCCCC(CO)[Si](C)(OCC)OCC. The van der Waals surface area contributed by atoms with Crippen LogP contribution >= 0.6 is 0 Å². The number of rotatable bonds is 11. The molecule has 0 aliphatic rings. The highest BCUT2D eigenvalue weighted by atomic mass is 28.4. The zero-order valence-electron chi connectivity index (χ0n) is 13.1. The van der Waals surface area contributed by atoms with E-state index in [1.165, 1.54) is 0 Å². The maximum atomic E-state index is 11.2. The fourth-order valence-corrected chi connectivity index (χ4v) is 4.75. The lowest BCUT2D eigenvalue weighted by Crippen LogP contribution is -2.45. The summed E-state index contributed by atoms with van der Waals surface area (Å²) in [5.74, 6) is -0.375. The minimum atomic E-state index is -2.39. The van der Waals surface area contributed by atoms with Gasteiger partial charge in [0.25, 0.3) is 0 Å². The van der Waals surface area contributed by atoms with Crippen molar-refractivity contribution >= 4 is 14.5 Å². The number of esters is 1. The summed E-state index contributed by atoms with van der Waals surface area (Å²) in [6.07, 6.45) is 1.38. The van der Waals surface area contributed by atoms with E-state index >= 15 is 0 Å². The van der Waals surface area contributed by atoms with Crippen LogP contribution in [0.15, 0.2) is 12.2 Å². The van der Waals surface area contributed by atoms with Crippen LogP contribution in [0.25, 0.3) is 0 Å². The van der Waals surface area contributed by atoms with Gasteiger partial charge < -0.3 is 18.7 Å². The van der Waals surface area contributed by atoms with Crippen LogP contribution < -0.4 is 0 Å². The van der Waals surface area contributed by atoms with E-state index in [0.717, 1.165) is 0 Å². The van der Waals surface area contributed by atoms with Gasteiger partial charge in [0.1, 0.15) is 0 Å². The number of hydrogen-bond donors (Lipinski definition) is 1. The quantitative estimate of drug-likeness (QED) is 0.275. The molecule has 0 saturated carbocycles. The van der Waals surface area contributed by atoms with Crippen molar-refractivity contribution in [3.05, 3.63) is 12.2 Å². The molecule has 0 rings (SSSR count). The van der Waals surface area contributed by atoms with Gasteiger partial charge in [0.05, 0.1) is 6.61 Å². The molecule has 0 aliphatic heterocycles. The van der Waals surface area contributed by atoms with Gasteiger partial charge in [-0.1, -0.05) is 6.58 Å². The second-order valence-corrected chi connectivity index (χ2v) is 8.25. The van der Waals surface area contributed by atoms with Gasteiger partial charge in [0.2, 0.25) is 0 Å². The van der Waals surface area contributed by atoms with E-state index in [1.807, 2.05) is 20.4 Å². The Bertz CT molecular complexity index is 300. The second kappa shape index (κ2) is 10.1. The first kappa shape index (κ1) is 19.3. The van der Waals surface area contributed by atoms with Crippen molar-refractivity contribution < 1.29 is 23.5 Å². The maximum absolute atomic E-state index is 11.2. The van der Waals surface area contributed by atoms with Gasteiger partial charge in [-0.3, -0.25) is 0 Å². The Morgan fingerprint density at radius 3 is 2.25 bits per heavy atom. The van der Waals surface area contributed by atoms with Crippen molar-refractivity contribution in [3.8, 4) is 0 Å². The van der Waals surface area contributed by atoms with Crippen LogP contribution in [0, 0.1) is 0 Å². The topological polar surface area (TPSA) is 65.0 Å². The van der Waals surface area contributed by atoms with Crippen LogP contribution in [0.3, 0.4) is 0 Å². The van der Waals surface area contributed by atoms with Crippen LogP contribution in [0.1, 0.15) is 33.6 Å². The average Bonchev–Trinajstić information content (AvgIpc) is 2.38. The number of aliphatic hydroxyl groups is 1. The summed E-state index contributed by atoms with van der Waals surface area (Å²) in [7, 11) is -2.39. The Morgan fingerprint density at radius 2 is 1.85 bits per heavy atom. The molecule has 0 aromatic carbocycles. The number of carbonyl (C=O) groups excluding carboxylic acids is 1. The first-order valence-electron chi connectivity index (χ1n) is 7.12. The Kier molecular flexibility index (Phi) is 9.74. The summed E-state index contributed by atoms with van der Waals surface area (Å²) in [5, 5.41) is 9.56. The minimum absolute atomic E-state index is 0.0223. The van der Waals surface area contributed by atoms with Crippen molar-refractivity contribution in [2.24, 2.45) is 0 Å². The Balaban J connectivity index is 4.30. The first-order valence-corrected chi connectivity index (χ1v) is 9.52. The third kappa shape index (κ3) is 6.65. The van der Waals surface area contributed by atoms with Gasteiger partial charge in [-0.15, -0.1) is 0 Å². The summed E-state index contributed by atoms with van der Waals surface area (Å²) >= 11 is 0. The monoisotopic (exact) mass is 304 g/mol. The van der Waals surface area contributed by atoms with Crippen LogP contribution in [-0.2, 0) is 18.4 Å². The molecule has 6 heteroatoms. The van der Waals surface area contributed by atoms with Gasteiger partial charge in [-0.25, -0.2) is 4.79 Å². The van der Waals surface area contributed by atoms with E-state index < -0.39 is 8.56 Å². The van der Waals surface area contributed by atoms with Crippen molar-refractivity contribution in [2.75, 3.05) is 26.4 Å². The second-order valence-electron chi connectivity index (χ2n) is 4.82. The van der Waals surface area contributed by atoms with Crippen LogP contribution in [0.5, 0.6) is 0 Å². The molecule has 0 radical (unpaired) electrons. The lowest BCUT2D eigenvalue weighted by atomic mass is 10.2. The molecule has 0 spiro atoms. The summed E-state index contributed by atoms with van der Waals surface area (Å²) < 4.78 is 16.6. The summed E-state index contributed by atoms with van der Waals surface area (Å²) in [4.78, 5) is 11.2. The lowest BCUT2D eigenvalue weighted by Gasteiger charge is -2.33. The smallest absolute Gasteiger partial charge is 0.340 e. The summed E-state index contributed by atoms with van der Waals surface area (Å²) in [6, 6.07) is 0. The van der Waals surface area contributed by atoms with Crippen molar-refractivity contribution in [3.63, 3.8) is 0 Å². The average molecular weight is 304 g/mol. The molecular formula is C14H28O5Si. The Labute approximate surface area is 123 Å². The van der Waals surface area contributed by atoms with E-state index in [1.54, 1.807) is 6.92 Å². The van der Waals surface area contributed by atoms with E-state index in [9.17, 15) is 9.90 Å². The molecule has 1 atom stereocenters. The summed E-state index contributed by atoms with van der Waals surface area (Å²) in [6.45, 7) is 12.5. The fourth-order valence-electron chi connectivity index (χ4n) is 1.99. The van der Waals surface area contributed by atoms with Gasteiger partial charge in [-0.2, -0.15) is 0 Å². The Morgan fingerprint density at radius 1 is 1.30 bits per heavy atom. The highest BCUT2D eigenvalue weighted by Crippen LogP contribution is 2.28. The molecule has 118 valence electrons. The first-order chi connectivity index (χ1) is 9.41. The molecular weight excluding hydrogens is 276 g/mol. The Hall–Kier alpha value is -0.693. The van der Waals surface area contributed by atoms with E-state index in [0.29, 0.717) is 38.2 Å². The maximum Gasteiger partial charge on any atom is 0.340 e. The van der Waals surface area contributed by atoms with Crippen LogP contribution in [-0.4, -0.2) is 46.1 Å². The van der Waals surface area contributed by atoms with Gasteiger partial charge in [-0.05, 0) is 40.2 Å². The number of ether oxygens (including phenoxy) is 1. The molecule has 0 aromatic heterocycles. The third-order valence-electron chi connectivity index (χ3n) is 3.10. The highest BCUT2D eigenvalue weighted by molar-refractivity contribution is 6.67. The van der Waals surface area contributed by atoms with Crippen molar-refractivity contribution in [2.45, 2.75) is 45.7 Å². The van der Waals surface area contributed by atoms with E-state index in [2.05, 4.69) is 6.58 Å². The van der Waals surface area contributed by atoms with Crippen LogP contribution in [0.2, 0.25) is 12.1 Å². The molecule has 5 nitrogen and oxygen atoms in total. The highest BCUT2D eigenvalue weighted by Gasteiger charge is 2.40. The van der Waals surface area contributed by atoms with Crippen molar-refractivity contribution in [1.82, 2.24) is 0 Å². The van der Waals surface area contributed by atoms with E-state index in [4.69, 9.17) is 13.6 Å². The molecule has 0 aromatic rings. The minimum Gasteiger partial charge on any atom is -0.462 e. The third-order valence-corrected chi connectivity index (χ3v) is 6.78. The molecule has 20 heavy (non-hydrogen) atoms. The predicted octanol–water partition coefficient (Wildman–Crippen LogP) is 2.39. The predicted molar refractivity (Wildman–Crippen MR) is 80.7 cm³/mol. The fraction of sp³-hybridized carbons (Fsp3) is 0.786. The van der Waals surface area contributed by atoms with Gasteiger partial charge >= 0.3 is 14.5 Å². The van der Waals surface area contributed by atoms with Crippen LogP contribution in [0.4, 0.5) is 0 Å². The molecule has 1 unspecified atom stereocenters. The summed E-state index contributed by atoms with van der Waals surface area (Å²) in [5.41, 5.74) is 0.373. The van der Waals surface area contributed by atoms with Gasteiger partial charge in [0, 0.05) is 30.9 Å². The lowest BCUT2D eigenvalue weighted by molar-refractivity contribution is -0.139. The van der Waals surface area contributed by atoms with Crippen molar-refractivity contribution in [1.29, 1.82) is 0 Å². The number of hydrogen-bond acceptors (Lipinski definition) is 5. The largest absolute Gasteiger partial charge is 0.462 e. The molecule has 1 N–H and O–H groups in total. The normalized spacial score (nSPS) is 13.1. The molecule has 0 saturated heterocycles. The van der Waals surface area contributed by atoms with Gasteiger partial charge in [0.15, 0.2) is 0 Å². The number of aliphatic hydroxyl groups excluding tert-OH is 1. The zero-order valence-corrected chi connectivity index (χ0v) is 14.1. The van der Waals surface area contributed by atoms with E-state index in [-0.39, 0.29) is 18.1 Å². The molecule has 0 fully saturated rings.